The molecule has 19 heavy (non-hydrogen) atoms. The number of nitrogen functional groups attached to an aromatic ring is 2. The maximum Gasteiger partial charge on any atom is 0.169 e. The lowest BCUT2D eigenvalue weighted by molar-refractivity contribution is 0.629. The van der Waals surface area contributed by atoms with Crippen LogP contribution in [0.25, 0.3) is 0 Å². The largest absolute Gasteiger partial charge is 0.397 e. The molecule has 0 heterocycles. The summed E-state index contributed by atoms with van der Waals surface area (Å²) in [6.07, 6.45) is 0. The normalized spacial score (nSPS) is 10.5. The van der Waals surface area contributed by atoms with Crippen LogP contribution >= 0.6 is 11.6 Å². The lowest BCUT2D eigenvalue weighted by Gasteiger charge is -2.23. The van der Waals surface area contributed by atoms with E-state index in [4.69, 9.17) is 23.1 Å². The van der Waals surface area contributed by atoms with Crippen molar-refractivity contribution in [2.75, 3.05) is 23.4 Å². The van der Waals surface area contributed by atoms with Crippen LogP contribution in [0.15, 0.2) is 30.3 Å². The van der Waals surface area contributed by atoms with E-state index >= 15 is 0 Å². The van der Waals surface area contributed by atoms with E-state index in [1.54, 1.807) is 11.9 Å². The van der Waals surface area contributed by atoms with Crippen molar-refractivity contribution in [1.82, 2.24) is 0 Å². The van der Waals surface area contributed by atoms with Gasteiger partial charge in [0.15, 0.2) is 5.82 Å². The molecule has 2 aromatic carbocycles. The second-order valence-electron chi connectivity index (χ2n) is 4.43. The average Bonchev–Trinajstić information content (AvgIpc) is 2.37. The van der Waals surface area contributed by atoms with Gasteiger partial charge in [-0.3, -0.25) is 0 Å². The number of rotatable bonds is 2. The first-order valence-electron chi connectivity index (χ1n) is 5.75. The Morgan fingerprint density at radius 1 is 1.11 bits per heavy atom. The first kappa shape index (κ1) is 13.5. The number of aryl methyl sites for hydroxylation is 1. The fourth-order valence-corrected chi connectivity index (χ4v) is 2.04. The van der Waals surface area contributed by atoms with Crippen molar-refractivity contribution in [1.29, 1.82) is 0 Å². The van der Waals surface area contributed by atoms with Crippen molar-refractivity contribution >= 4 is 34.4 Å². The molecule has 0 saturated heterocycles. The van der Waals surface area contributed by atoms with Crippen LogP contribution in [0.1, 0.15) is 5.56 Å². The molecule has 0 fully saturated rings. The second kappa shape index (κ2) is 4.97. The van der Waals surface area contributed by atoms with Crippen LogP contribution in [0.2, 0.25) is 5.02 Å². The number of benzene rings is 2. The Balaban J connectivity index is 2.53. The number of halogens is 2. The number of hydrogen-bond acceptors (Lipinski definition) is 3. The molecule has 0 aliphatic rings. The molecule has 4 N–H and O–H groups in total. The van der Waals surface area contributed by atoms with Crippen molar-refractivity contribution in [2.45, 2.75) is 6.92 Å². The van der Waals surface area contributed by atoms with Gasteiger partial charge in [0, 0.05) is 12.7 Å². The fourth-order valence-electron chi connectivity index (χ4n) is 1.90. The Kier molecular flexibility index (Phi) is 3.53. The summed E-state index contributed by atoms with van der Waals surface area (Å²) < 4.78 is 14.2. The molecule has 3 nitrogen and oxygen atoms in total. The van der Waals surface area contributed by atoms with Crippen molar-refractivity contribution in [2.24, 2.45) is 0 Å². The van der Waals surface area contributed by atoms with Gasteiger partial charge in [0.2, 0.25) is 0 Å². The zero-order valence-corrected chi connectivity index (χ0v) is 11.5. The van der Waals surface area contributed by atoms with Gasteiger partial charge in [0.05, 0.1) is 11.4 Å². The maximum absolute atomic E-state index is 14.2. The molecule has 100 valence electrons. The highest BCUT2D eigenvalue weighted by molar-refractivity contribution is 6.33. The Labute approximate surface area is 116 Å². The van der Waals surface area contributed by atoms with Gasteiger partial charge in [-0.15, -0.1) is 0 Å². The Hall–Kier alpha value is -1.94. The molecule has 0 atom stereocenters. The van der Waals surface area contributed by atoms with Crippen molar-refractivity contribution in [3.05, 3.63) is 46.7 Å². The molecule has 0 unspecified atom stereocenters. The number of nitrogens with two attached hydrogens (primary N) is 2. The smallest absolute Gasteiger partial charge is 0.169 e. The van der Waals surface area contributed by atoms with E-state index in [1.807, 2.05) is 31.2 Å². The highest BCUT2D eigenvalue weighted by atomic mass is 35.5. The molecule has 0 radical (unpaired) electrons. The van der Waals surface area contributed by atoms with E-state index in [0.29, 0.717) is 0 Å². The standard InChI is InChI=1S/C14H15ClFN3/c1-8-3-5-9(6-4-8)19(2)14-11(18)7-10(17)12(15)13(14)16/h3-7H,17-18H2,1-2H3. The van der Waals surface area contributed by atoms with Crippen LogP contribution in [0.3, 0.4) is 0 Å². The highest BCUT2D eigenvalue weighted by Gasteiger charge is 2.18. The predicted molar refractivity (Wildman–Crippen MR) is 79.5 cm³/mol. The molecule has 0 amide bonds. The van der Waals surface area contributed by atoms with Gasteiger partial charge in [-0.2, -0.15) is 0 Å². The van der Waals surface area contributed by atoms with Gasteiger partial charge in [0.1, 0.15) is 10.7 Å². The van der Waals surface area contributed by atoms with Gasteiger partial charge >= 0.3 is 0 Å². The van der Waals surface area contributed by atoms with Gasteiger partial charge in [-0.1, -0.05) is 29.3 Å². The number of hydrogen-bond donors (Lipinski definition) is 2. The molecule has 2 aromatic rings. The van der Waals surface area contributed by atoms with Crippen LogP contribution in [0.4, 0.5) is 27.1 Å². The molecule has 0 aliphatic carbocycles. The van der Waals surface area contributed by atoms with E-state index in [0.717, 1.165) is 11.3 Å². The Morgan fingerprint density at radius 3 is 2.26 bits per heavy atom. The van der Waals surface area contributed by atoms with Gasteiger partial charge in [-0.05, 0) is 25.1 Å². The van der Waals surface area contributed by atoms with E-state index in [2.05, 4.69) is 0 Å². The SMILES string of the molecule is Cc1ccc(N(C)c2c(N)cc(N)c(Cl)c2F)cc1. The van der Waals surface area contributed by atoms with Crippen LogP contribution in [-0.4, -0.2) is 7.05 Å². The summed E-state index contributed by atoms with van der Waals surface area (Å²) in [5.74, 6) is -0.609. The number of anilines is 4. The molecular weight excluding hydrogens is 265 g/mol. The van der Waals surface area contributed by atoms with Gasteiger partial charge in [-0.25, -0.2) is 4.39 Å². The molecule has 0 bridgehead atoms. The Morgan fingerprint density at radius 2 is 1.68 bits per heavy atom. The lowest BCUT2D eigenvalue weighted by atomic mass is 10.1. The van der Waals surface area contributed by atoms with E-state index < -0.39 is 5.82 Å². The van der Waals surface area contributed by atoms with Crippen molar-refractivity contribution < 1.29 is 4.39 Å². The molecule has 0 aliphatic heterocycles. The van der Waals surface area contributed by atoms with Crippen LogP contribution in [0.5, 0.6) is 0 Å². The second-order valence-corrected chi connectivity index (χ2v) is 4.80. The van der Waals surface area contributed by atoms with Gasteiger partial charge < -0.3 is 16.4 Å². The number of nitrogens with zero attached hydrogens (tertiary/aromatic N) is 1. The average molecular weight is 280 g/mol. The van der Waals surface area contributed by atoms with E-state index in [9.17, 15) is 4.39 Å². The first-order chi connectivity index (χ1) is 8.91. The van der Waals surface area contributed by atoms with E-state index in [1.165, 1.54) is 6.07 Å². The minimum Gasteiger partial charge on any atom is -0.397 e. The monoisotopic (exact) mass is 279 g/mol. The molecule has 2 rings (SSSR count). The highest BCUT2D eigenvalue weighted by Crippen LogP contribution is 2.38. The van der Waals surface area contributed by atoms with Crippen LogP contribution in [0, 0.1) is 12.7 Å². The van der Waals surface area contributed by atoms with Crippen molar-refractivity contribution in [3.63, 3.8) is 0 Å². The van der Waals surface area contributed by atoms with Gasteiger partial charge in [0.25, 0.3) is 0 Å². The molecule has 0 spiro atoms. The van der Waals surface area contributed by atoms with Crippen LogP contribution < -0.4 is 16.4 Å². The van der Waals surface area contributed by atoms with Crippen molar-refractivity contribution in [3.8, 4) is 0 Å². The summed E-state index contributed by atoms with van der Waals surface area (Å²) in [6.45, 7) is 1.98. The quantitative estimate of drug-likeness (QED) is 0.824. The predicted octanol–water partition coefficient (Wildman–Crippen LogP) is 3.72. The Bertz CT molecular complexity index is 611. The summed E-state index contributed by atoms with van der Waals surface area (Å²) >= 11 is 5.83. The molecule has 0 aromatic heterocycles. The topological polar surface area (TPSA) is 55.3 Å². The molecular formula is C14H15ClFN3. The maximum atomic E-state index is 14.2. The lowest BCUT2D eigenvalue weighted by Crippen LogP contribution is -2.14. The third-order valence-corrected chi connectivity index (χ3v) is 3.38. The fraction of sp³-hybridized carbons (Fsp3) is 0.143. The zero-order valence-electron chi connectivity index (χ0n) is 10.7. The summed E-state index contributed by atoms with van der Waals surface area (Å²) in [5, 5.41) is -0.108. The van der Waals surface area contributed by atoms with Crippen LogP contribution in [-0.2, 0) is 0 Å². The molecule has 5 heteroatoms. The summed E-state index contributed by atoms with van der Waals surface area (Å²) in [5.41, 5.74) is 14.0. The molecule has 0 saturated carbocycles. The third kappa shape index (κ3) is 2.44. The minimum atomic E-state index is -0.609. The summed E-state index contributed by atoms with van der Waals surface area (Å²) in [4.78, 5) is 1.65. The summed E-state index contributed by atoms with van der Waals surface area (Å²) in [7, 11) is 1.73. The minimum absolute atomic E-state index is 0.108. The zero-order chi connectivity index (χ0) is 14.2. The first-order valence-corrected chi connectivity index (χ1v) is 6.13. The van der Waals surface area contributed by atoms with E-state index in [-0.39, 0.29) is 22.1 Å². The summed E-state index contributed by atoms with van der Waals surface area (Å²) in [6, 6.07) is 9.13. The third-order valence-electron chi connectivity index (χ3n) is 3.00.